The van der Waals surface area contributed by atoms with Gasteiger partial charge < -0.3 is 14.2 Å². The molecule has 0 spiro atoms. The zero-order valence-corrected chi connectivity index (χ0v) is 13.4. The van der Waals surface area contributed by atoms with Gasteiger partial charge in [0.1, 0.15) is 12.3 Å². The summed E-state index contributed by atoms with van der Waals surface area (Å²) in [5.74, 6) is 1.84. The molecule has 0 unspecified atom stereocenters. The van der Waals surface area contributed by atoms with E-state index in [1.54, 1.807) is 0 Å². The normalized spacial score (nSPS) is 16.2. The van der Waals surface area contributed by atoms with Crippen LogP contribution in [-0.2, 0) is 11.3 Å². The van der Waals surface area contributed by atoms with Crippen molar-refractivity contribution < 1.29 is 9.53 Å². The predicted molar refractivity (Wildman–Crippen MR) is 88.1 cm³/mol. The molecule has 0 atom stereocenters. The number of nitrogens with zero attached hydrogens (tertiary/aromatic N) is 2. The lowest BCUT2D eigenvalue weighted by atomic mass is 9.99. The first-order valence-corrected chi connectivity index (χ1v) is 8.17. The number of benzene rings is 1. The fourth-order valence-corrected chi connectivity index (χ4v) is 3.08. The molecule has 1 aromatic carbocycles. The minimum Gasteiger partial charge on any atom is -0.494 e. The standard InChI is InChI=1S/C18H24N2O2/c1-3-22-16-4-5-17-15(12-16)8-11-20(17)13-18(21)19-9-6-14(2)7-10-19/h4-5,8,11-12,14H,3,6-7,9-10,13H2,1-2H3. The summed E-state index contributed by atoms with van der Waals surface area (Å²) < 4.78 is 7.56. The zero-order valence-electron chi connectivity index (χ0n) is 13.4. The van der Waals surface area contributed by atoms with Gasteiger partial charge in [-0.2, -0.15) is 0 Å². The Labute approximate surface area is 131 Å². The van der Waals surface area contributed by atoms with E-state index < -0.39 is 0 Å². The molecule has 2 heterocycles. The van der Waals surface area contributed by atoms with Crippen LogP contribution < -0.4 is 4.74 Å². The van der Waals surface area contributed by atoms with Crippen LogP contribution in [0.1, 0.15) is 26.7 Å². The fourth-order valence-electron chi connectivity index (χ4n) is 3.08. The van der Waals surface area contributed by atoms with Crippen molar-refractivity contribution in [3.05, 3.63) is 30.5 Å². The summed E-state index contributed by atoms with van der Waals surface area (Å²) in [4.78, 5) is 14.5. The third kappa shape index (κ3) is 3.11. The molecule has 1 saturated heterocycles. The van der Waals surface area contributed by atoms with Gasteiger partial charge in [-0.05, 0) is 49.9 Å². The Morgan fingerprint density at radius 3 is 2.77 bits per heavy atom. The number of rotatable bonds is 4. The highest BCUT2D eigenvalue weighted by Gasteiger charge is 2.20. The summed E-state index contributed by atoms with van der Waals surface area (Å²) >= 11 is 0. The number of aromatic nitrogens is 1. The maximum Gasteiger partial charge on any atom is 0.242 e. The molecule has 1 fully saturated rings. The van der Waals surface area contributed by atoms with Gasteiger partial charge in [-0.1, -0.05) is 6.92 Å². The SMILES string of the molecule is CCOc1ccc2c(ccn2CC(=O)N2CCC(C)CC2)c1. The molecular weight excluding hydrogens is 276 g/mol. The van der Waals surface area contributed by atoms with Crippen LogP contribution in [0.25, 0.3) is 10.9 Å². The van der Waals surface area contributed by atoms with Gasteiger partial charge in [0.2, 0.25) is 5.91 Å². The molecule has 0 radical (unpaired) electrons. The Morgan fingerprint density at radius 1 is 1.27 bits per heavy atom. The van der Waals surface area contributed by atoms with Crippen LogP contribution in [0, 0.1) is 5.92 Å². The minimum atomic E-state index is 0.221. The highest BCUT2D eigenvalue weighted by atomic mass is 16.5. The summed E-state index contributed by atoms with van der Waals surface area (Å²) in [7, 11) is 0. The van der Waals surface area contributed by atoms with Crippen LogP contribution in [0.3, 0.4) is 0 Å². The smallest absolute Gasteiger partial charge is 0.242 e. The topological polar surface area (TPSA) is 34.5 Å². The largest absolute Gasteiger partial charge is 0.494 e. The first-order valence-electron chi connectivity index (χ1n) is 8.17. The van der Waals surface area contributed by atoms with Crippen molar-refractivity contribution in [1.82, 2.24) is 9.47 Å². The number of hydrogen-bond donors (Lipinski definition) is 0. The Hall–Kier alpha value is -1.97. The molecule has 1 aliphatic heterocycles. The Balaban J connectivity index is 1.72. The Kier molecular flexibility index (Phi) is 4.36. The van der Waals surface area contributed by atoms with E-state index in [0.717, 1.165) is 48.5 Å². The molecule has 4 nitrogen and oxygen atoms in total. The molecule has 0 N–H and O–H groups in total. The first kappa shape index (κ1) is 14.9. The molecule has 0 saturated carbocycles. The van der Waals surface area contributed by atoms with Crippen LogP contribution in [0.4, 0.5) is 0 Å². The molecule has 3 rings (SSSR count). The number of hydrogen-bond acceptors (Lipinski definition) is 2. The number of carbonyl (C=O) groups excluding carboxylic acids is 1. The summed E-state index contributed by atoms with van der Waals surface area (Å²) in [5.41, 5.74) is 1.09. The number of fused-ring (bicyclic) bond motifs is 1. The van der Waals surface area contributed by atoms with Crippen LogP contribution >= 0.6 is 0 Å². The number of amides is 1. The van der Waals surface area contributed by atoms with E-state index >= 15 is 0 Å². The molecule has 1 amide bonds. The highest BCUT2D eigenvalue weighted by molar-refractivity contribution is 5.84. The predicted octanol–water partition coefficient (Wildman–Crippen LogP) is 3.30. The van der Waals surface area contributed by atoms with E-state index in [4.69, 9.17) is 4.74 Å². The highest BCUT2D eigenvalue weighted by Crippen LogP contribution is 2.23. The summed E-state index contributed by atoms with van der Waals surface area (Å²) in [6.45, 7) is 7.12. The van der Waals surface area contributed by atoms with E-state index in [0.29, 0.717) is 13.2 Å². The molecule has 2 aromatic rings. The van der Waals surface area contributed by atoms with Gasteiger partial charge >= 0.3 is 0 Å². The lowest BCUT2D eigenvalue weighted by molar-refractivity contribution is -0.133. The van der Waals surface area contributed by atoms with Crippen molar-refractivity contribution in [3.63, 3.8) is 0 Å². The monoisotopic (exact) mass is 300 g/mol. The van der Waals surface area contributed by atoms with Crippen molar-refractivity contribution in [2.45, 2.75) is 33.2 Å². The van der Waals surface area contributed by atoms with E-state index in [2.05, 4.69) is 6.92 Å². The van der Waals surface area contributed by atoms with E-state index in [-0.39, 0.29) is 5.91 Å². The average Bonchev–Trinajstić information content (AvgIpc) is 2.90. The maximum atomic E-state index is 12.5. The minimum absolute atomic E-state index is 0.221. The second kappa shape index (κ2) is 6.42. The van der Waals surface area contributed by atoms with Gasteiger partial charge in [0.05, 0.1) is 6.61 Å². The Morgan fingerprint density at radius 2 is 2.05 bits per heavy atom. The summed E-state index contributed by atoms with van der Waals surface area (Å²) in [6, 6.07) is 8.08. The number of piperidine rings is 1. The van der Waals surface area contributed by atoms with Crippen molar-refractivity contribution in [2.24, 2.45) is 5.92 Å². The van der Waals surface area contributed by atoms with Crippen molar-refractivity contribution in [3.8, 4) is 5.75 Å². The van der Waals surface area contributed by atoms with Crippen LogP contribution in [0.5, 0.6) is 5.75 Å². The average molecular weight is 300 g/mol. The van der Waals surface area contributed by atoms with Gasteiger partial charge in [0, 0.05) is 30.2 Å². The van der Waals surface area contributed by atoms with Crippen LogP contribution in [0.15, 0.2) is 30.5 Å². The van der Waals surface area contributed by atoms with Crippen molar-refractivity contribution in [2.75, 3.05) is 19.7 Å². The third-order valence-electron chi connectivity index (χ3n) is 4.50. The summed E-state index contributed by atoms with van der Waals surface area (Å²) in [5, 5.41) is 1.12. The van der Waals surface area contributed by atoms with Crippen molar-refractivity contribution >= 4 is 16.8 Å². The fraction of sp³-hybridized carbons (Fsp3) is 0.500. The van der Waals surface area contributed by atoms with Gasteiger partial charge in [-0.15, -0.1) is 0 Å². The van der Waals surface area contributed by atoms with Gasteiger partial charge in [-0.25, -0.2) is 0 Å². The van der Waals surface area contributed by atoms with Gasteiger partial charge in [-0.3, -0.25) is 4.79 Å². The van der Waals surface area contributed by atoms with E-state index in [9.17, 15) is 4.79 Å². The molecule has 0 bridgehead atoms. The second-order valence-electron chi connectivity index (χ2n) is 6.16. The molecule has 118 valence electrons. The first-order chi connectivity index (χ1) is 10.7. The molecule has 0 aliphatic carbocycles. The quantitative estimate of drug-likeness (QED) is 0.868. The van der Waals surface area contributed by atoms with Gasteiger partial charge in [0.15, 0.2) is 0 Å². The molecule has 1 aliphatic rings. The zero-order chi connectivity index (χ0) is 15.5. The lowest BCUT2D eigenvalue weighted by Gasteiger charge is -2.30. The molecule has 22 heavy (non-hydrogen) atoms. The molecule has 4 heteroatoms. The maximum absolute atomic E-state index is 12.5. The van der Waals surface area contributed by atoms with E-state index in [1.165, 1.54) is 0 Å². The third-order valence-corrected chi connectivity index (χ3v) is 4.50. The van der Waals surface area contributed by atoms with Crippen LogP contribution in [0.2, 0.25) is 0 Å². The number of carbonyl (C=O) groups is 1. The Bertz CT molecular complexity index is 654. The molecular formula is C18H24N2O2. The lowest BCUT2D eigenvalue weighted by Crippen LogP contribution is -2.39. The molecule has 1 aromatic heterocycles. The number of ether oxygens (including phenoxy) is 1. The van der Waals surface area contributed by atoms with E-state index in [1.807, 2.05) is 46.9 Å². The van der Waals surface area contributed by atoms with Crippen LogP contribution in [-0.4, -0.2) is 35.1 Å². The van der Waals surface area contributed by atoms with Crippen molar-refractivity contribution in [1.29, 1.82) is 0 Å². The summed E-state index contributed by atoms with van der Waals surface area (Å²) in [6.07, 6.45) is 4.23. The number of likely N-dealkylation sites (tertiary alicyclic amines) is 1. The van der Waals surface area contributed by atoms with Gasteiger partial charge in [0.25, 0.3) is 0 Å². The second-order valence-corrected chi connectivity index (χ2v) is 6.16.